The molecule has 0 aliphatic rings. The number of aromatic nitrogens is 4. The zero-order chi connectivity index (χ0) is 19.7. The van der Waals surface area contributed by atoms with E-state index in [0.717, 1.165) is 5.69 Å². The van der Waals surface area contributed by atoms with Gasteiger partial charge in [-0.25, -0.2) is 9.97 Å². The van der Waals surface area contributed by atoms with Gasteiger partial charge in [-0.1, -0.05) is 12.1 Å². The number of benzene rings is 2. The van der Waals surface area contributed by atoms with Crippen LogP contribution in [-0.4, -0.2) is 37.6 Å². The number of nitrogens with two attached hydrogens (primary N) is 1. The van der Waals surface area contributed by atoms with Crippen LogP contribution in [0.15, 0.2) is 54.9 Å². The van der Waals surface area contributed by atoms with Crippen LogP contribution in [0, 0.1) is 0 Å². The van der Waals surface area contributed by atoms with Crippen LogP contribution in [0.5, 0.6) is 11.5 Å². The first-order valence-electron chi connectivity index (χ1n) is 8.30. The number of aromatic hydroxyl groups is 1. The van der Waals surface area contributed by atoms with E-state index >= 15 is 0 Å². The van der Waals surface area contributed by atoms with Crippen LogP contribution >= 0.6 is 0 Å². The van der Waals surface area contributed by atoms with E-state index in [4.69, 9.17) is 10.5 Å². The van der Waals surface area contributed by atoms with Crippen LogP contribution in [0.3, 0.4) is 0 Å². The van der Waals surface area contributed by atoms with Gasteiger partial charge < -0.3 is 20.9 Å². The Morgan fingerprint density at radius 1 is 1.18 bits per heavy atom. The van der Waals surface area contributed by atoms with E-state index in [2.05, 4.69) is 20.3 Å². The Morgan fingerprint density at radius 2 is 2.00 bits per heavy atom. The summed E-state index contributed by atoms with van der Waals surface area (Å²) in [6, 6.07) is 13.8. The topological polar surface area (TPSA) is 128 Å². The van der Waals surface area contributed by atoms with Gasteiger partial charge in [0.2, 0.25) is 5.95 Å². The second-order valence-corrected chi connectivity index (χ2v) is 5.92. The Hall–Kier alpha value is -4.14. The third-order valence-electron chi connectivity index (χ3n) is 4.06. The first-order chi connectivity index (χ1) is 13.5. The minimum absolute atomic E-state index is 0.00528. The summed E-state index contributed by atoms with van der Waals surface area (Å²) in [5, 5.41) is 12.6. The van der Waals surface area contributed by atoms with Crippen LogP contribution in [0.1, 0.15) is 10.5 Å². The van der Waals surface area contributed by atoms with Gasteiger partial charge in [0.05, 0.1) is 12.8 Å². The number of phenolic OH excluding ortho intramolecular Hbond substituents is 1. The molecule has 4 rings (SSSR count). The number of hydrogen-bond acceptors (Lipinski definition) is 7. The number of nitrogens with one attached hydrogen (secondary N) is 1. The Morgan fingerprint density at radius 3 is 2.75 bits per heavy atom. The molecular weight excluding hydrogens is 360 g/mol. The summed E-state index contributed by atoms with van der Waals surface area (Å²) < 4.78 is 6.97. The van der Waals surface area contributed by atoms with E-state index in [0.29, 0.717) is 17.1 Å². The number of primary amides is 1. The fourth-order valence-electron chi connectivity index (χ4n) is 2.79. The van der Waals surface area contributed by atoms with Gasteiger partial charge in [-0.05, 0) is 24.3 Å². The number of anilines is 2. The van der Waals surface area contributed by atoms with Crippen molar-refractivity contribution in [2.75, 3.05) is 12.4 Å². The molecule has 9 heteroatoms. The largest absolute Gasteiger partial charge is 0.508 e. The highest BCUT2D eigenvalue weighted by Crippen LogP contribution is 2.24. The third-order valence-corrected chi connectivity index (χ3v) is 4.06. The molecule has 2 heterocycles. The van der Waals surface area contributed by atoms with Gasteiger partial charge in [0.15, 0.2) is 11.3 Å². The van der Waals surface area contributed by atoms with Gasteiger partial charge in [0.1, 0.15) is 23.3 Å². The predicted molar refractivity (Wildman–Crippen MR) is 103 cm³/mol. The normalized spacial score (nSPS) is 10.8. The number of carbonyl (C=O) groups is 1. The molecule has 0 atom stereocenters. The SMILES string of the molecule is COc1cccc(-n2cnc3c(C(N)=O)nc(Nc4cccc(O)c4)nc32)c1. The molecule has 0 aliphatic carbocycles. The molecule has 0 saturated carbocycles. The van der Waals surface area contributed by atoms with Gasteiger partial charge in [0.25, 0.3) is 5.91 Å². The summed E-state index contributed by atoms with van der Waals surface area (Å²) in [5.74, 6) is 0.183. The lowest BCUT2D eigenvalue weighted by molar-refractivity contribution is 0.0997. The quantitative estimate of drug-likeness (QED) is 0.488. The summed E-state index contributed by atoms with van der Waals surface area (Å²) in [6.45, 7) is 0. The van der Waals surface area contributed by atoms with Crippen molar-refractivity contribution in [2.45, 2.75) is 0 Å². The molecule has 2 aromatic carbocycles. The number of ether oxygens (including phenoxy) is 1. The van der Waals surface area contributed by atoms with Gasteiger partial charge in [-0.2, -0.15) is 4.98 Å². The van der Waals surface area contributed by atoms with E-state index in [-0.39, 0.29) is 22.9 Å². The lowest BCUT2D eigenvalue weighted by Crippen LogP contribution is -2.15. The molecule has 9 nitrogen and oxygen atoms in total. The van der Waals surface area contributed by atoms with E-state index in [9.17, 15) is 9.90 Å². The highest BCUT2D eigenvalue weighted by atomic mass is 16.5. The van der Waals surface area contributed by atoms with Crippen molar-refractivity contribution < 1.29 is 14.6 Å². The van der Waals surface area contributed by atoms with Crippen LogP contribution in [0.25, 0.3) is 16.9 Å². The standard InChI is InChI=1S/C19H16N6O3/c1-28-14-7-3-5-12(9-14)25-10-21-16-15(17(20)27)23-19(24-18(16)25)22-11-4-2-6-13(26)8-11/h2-10,26H,1H3,(H2,20,27)(H,22,23,24). The third kappa shape index (κ3) is 3.16. The molecule has 2 aromatic heterocycles. The van der Waals surface area contributed by atoms with E-state index in [1.54, 1.807) is 36.2 Å². The molecule has 0 radical (unpaired) electrons. The summed E-state index contributed by atoms with van der Waals surface area (Å²) in [7, 11) is 1.58. The smallest absolute Gasteiger partial charge is 0.269 e. The Balaban J connectivity index is 1.87. The maximum atomic E-state index is 11.9. The molecule has 4 N–H and O–H groups in total. The van der Waals surface area contributed by atoms with Crippen molar-refractivity contribution >= 4 is 28.7 Å². The number of carbonyl (C=O) groups excluding carboxylic acids is 1. The van der Waals surface area contributed by atoms with E-state index in [1.807, 2.05) is 24.3 Å². The highest BCUT2D eigenvalue weighted by Gasteiger charge is 2.18. The van der Waals surface area contributed by atoms with E-state index < -0.39 is 5.91 Å². The minimum Gasteiger partial charge on any atom is -0.508 e. The number of amides is 1. The fraction of sp³-hybridized carbons (Fsp3) is 0.0526. The number of rotatable bonds is 5. The lowest BCUT2D eigenvalue weighted by Gasteiger charge is -2.09. The molecule has 0 spiro atoms. The van der Waals surface area contributed by atoms with Crippen molar-refractivity contribution in [1.82, 2.24) is 19.5 Å². The van der Waals surface area contributed by atoms with Crippen LogP contribution < -0.4 is 15.8 Å². The Bertz CT molecular complexity index is 1190. The maximum absolute atomic E-state index is 11.9. The molecule has 0 unspecified atom stereocenters. The summed E-state index contributed by atoms with van der Waals surface area (Å²) in [4.78, 5) is 24.8. The van der Waals surface area contributed by atoms with Crippen molar-refractivity contribution in [2.24, 2.45) is 5.73 Å². The van der Waals surface area contributed by atoms with Crippen LogP contribution in [0.2, 0.25) is 0 Å². The molecule has 28 heavy (non-hydrogen) atoms. The van der Waals surface area contributed by atoms with Crippen LogP contribution in [-0.2, 0) is 0 Å². The maximum Gasteiger partial charge on any atom is 0.269 e. The Labute approximate surface area is 159 Å². The highest BCUT2D eigenvalue weighted by molar-refractivity contribution is 6.02. The second kappa shape index (κ2) is 6.88. The molecule has 140 valence electrons. The van der Waals surface area contributed by atoms with Crippen molar-refractivity contribution in [1.29, 1.82) is 0 Å². The first-order valence-corrected chi connectivity index (χ1v) is 8.30. The predicted octanol–water partition coefficient (Wildman–Crippen LogP) is 2.37. The number of fused-ring (bicyclic) bond motifs is 1. The number of nitrogens with zero attached hydrogens (tertiary/aromatic N) is 4. The molecule has 1 amide bonds. The number of hydrogen-bond donors (Lipinski definition) is 3. The number of methoxy groups -OCH3 is 1. The first kappa shape index (κ1) is 17.3. The lowest BCUT2D eigenvalue weighted by atomic mass is 10.3. The van der Waals surface area contributed by atoms with Gasteiger partial charge >= 0.3 is 0 Å². The molecule has 0 aliphatic heterocycles. The fourth-order valence-corrected chi connectivity index (χ4v) is 2.79. The zero-order valence-corrected chi connectivity index (χ0v) is 14.8. The van der Waals surface area contributed by atoms with Crippen LogP contribution in [0.4, 0.5) is 11.6 Å². The average molecular weight is 376 g/mol. The number of phenols is 1. The van der Waals surface area contributed by atoms with Gasteiger partial charge in [-0.3, -0.25) is 9.36 Å². The molecule has 0 fully saturated rings. The minimum atomic E-state index is -0.720. The van der Waals surface area contributed by atoms with Crippen molar-refractivity contribution in [3.63, 3.8) is 0 Å². The molecule has 4 aromatic rings. The molecular formula is C19H16N6O3. The van der Waals surface area contributed by atoms with Gasteiger partial charge in [0, 0.05) is 17.8 Å². The summed E-state index contributed by atoms with van der Waals surface area (Å²) in [6.07, 6.45) is 1.54. The van der Waals surface area contributed by atoms with Crippen molar-refractivity contribution in [3.8, 4) is 17.2 Å². The second-order valence-electron chi connectivity index (χ2n) is 5.92. The zero-order valence-electron chi connectivity index (χ0n) is 14.8. The van der Waals surface area contributed by atoms with Gasteiger partial charge in [-0.15, -0.1) is 0 Å². The number of imidazole rings is 1. The Kier molecular flexibility index (Phi) is 4.24. The van der Waals surface area contributed by atoms with E-state index in [1.165, 1.54) is 6.07 Å². The summed E-state index contributed by atoms with van der Waals surface area (Å²) in [5.41, 5.74) is 7.49. The summed E-state index contributed by atoms with van der Waals surface area (Å²) >= 11 is 0. The van der Waals surface area contributed by atoms with Crippen molar-refractivity contribution in [3.05, 3.63) is 60.6 Å². The molecule has 0 saturated heterocycles. The molecule has 0 bridgehead atoms. The average Bonchev–Trinajstić information content (AvgIpc) is 3.11. The monoisotopic (exact) mass is 376 g/mol.